The van der Waals surface area contributed by atoms with Crippen molar-refractivity contribution in [2.24, 2.45) is 17.1 Å². The van der Waals surface area contributed by atoms with Crippen molar-refractivity contribution in [3.63, 3.8) is 0 Å². The molecular weight excluding hydrogens is 200 g/mol. The minimum Gasteiger partial charge on any atom is -0.368 e. The molecule has 3 heteroatoms. The number of hydrogen-bond acceptors (Lipinski definition) is 2. The molecule has 0 aromatic rings. The highest BCUT2D eigenvalue weighted by Gasteiger charge is 2.39. The number of nitrogens with two attached hydrogens (primary N) is 1. The van der Waals surface area contributed by atoms with E-state index in [0.717, 1.165) is 25.7 Å². The Hall–Kier alpha value is -0.570. The van der Waals surface area contributed by atoms with Gasteiger partial charge >= 0.3 is 0 Å². The first kappa shape index (κ1) is 13.5. The van der Waals surface area contributed by atoms with Crippen LogP contribution in [0.3, 0.4) is 0 Å². The van der Waals surface area contributed by atoms with Crippen LogP contribution in [0.2, 0.25) is 0 Å². The summed E-state index contributed by atoms with van der Waals surface area (Å²) in [7, 11) is 1.85. The molecule has 3 nitrogen and oxygen atoms in total. The highest BCUT2D eigenvalue weighted by molar-refractivity contribution is 5.84. The van der Waals surface area contributed by atoms with E-state index in [2.05, 4.69) is 26.1 Å². The standard InChI is InChI=1S/C13H26N2O/c1-12(2,3)10-6-5-8-13(15-4,9-7-10)11(14)16/h10,15H,5-9H2,1-4H3,(H2,14,16). The molecule has 0 saturated heterocycles. The Labute approximate surface area is 99.2 Å². The molecule has 1 saturated carbocycles. The summed E-state index contributed by atoms with van der Waals surface area (Å²) < 4.78 is 0. The minimum atomic E-state index is -0.458. The lowest BCUT2D eigenvalue weighted by molar-refractivity contribution is -0.124. The number of carbonyl (C=O) groups excluding carboxylic acids is 1. The molecule has 2 atom stereocenters. The fraction of sp³-hybridized carbons (Fsp3) is 0.923. The molecule has 1 fully saturated rings. The minimum absolute atomic E-state index is 0.190. The fourth-order valence-corrected chi connectivity index (χ4v) is 2.83. The monoisotopic (exact) mass is 226 g/mol. The van der Waals surface area contributed by atoms with Gasteiger partial charge in [-0.25, -0.2) is 0 Å². The van der Waals surface area contributed by atoms with E-state index < -0.39 is 5.54 Å². The van der Waals surface area contributed by atoms with Crippen molar-refractivity contribution in [3.05, 3.63) is 0 Å². The van der Waals surface area contributed by atoms with Gasteiger partial charge in [0.1, 0.15) is 0 Å². The van der Waals surface area contributed by atoms with Crippen LogP contribution in [0.15, 0.2) is 0 Å². The number of likely N-dealkylation sites (N-methyl/N-ethyl adjacent to an activating group) is 1. The molecule has 16 heavy (non-hydrogen) atoms. The van der Waals surface area contributed by atoms with E-state index in [0.29, 0.717) is 11.3 Å². The summed E-state index contributed by atoms with van der Waals surface area (Å²) >= 11 is 0. The predicted octanol–water partition coefficient (Wildman–Crippen LogP) is 2.06. The summed E-state index contributed by atoms with van der Waals surface area (Å²) in [6, 6.07) is 0. The van der Waals surface area contributed by atoms with Gasteiger partial charge in [-0.05, 0) is 44.1 Å². The van der Waals surface area contributed by atoms with E-state index >= 15 is 0 Å². The molecule has 1 aliphatic rings. The maximum atomic E-state index is 11.6. The fourth-order valence-electron chi connectivity index (χ4n) is 2.83. The van der Waals surface area contributed by atoms with E-state index in [1.807, 2.05) is 7.05 Å². The zero-order chi connectivity index (χ0) is 12.4. The number of carbonyl (C=O) groups is 1. The average molecular weight is 226 g/mol. The summed E-state index contributed by atoms with van der Waals surface area (Å²) in [5.41, 5.74) is 5.41. The van der Waals surface area contributed by atoms with Crippen molar-refractivity contribution < 1.29 is 4.79 Å². The van der Waals surface area contributed by atoms with Crippen molar-refractivity contribution in [3.8, 4) is 0 Å². The second-order valence-corrected chi connectivity index (χ2v) is 6.19. The first-order valence-electron chi connectivity index (χ1n) is 6.31. The van der Waals surface area contributed by atoms with E-state index in [9.17, 15) is 4.79 Å². The number of rotatable bonds is 2. The van der Waals surface area contributed by atoms with Gasteiger partial charge in [0.15, 0.2) is 0 Å². The van der Waals surface area contributed by atoms with E-state index in [1.165, 1.54) is 6.42 Å². The molecule has 1 amide bonds. The van der Waals surface area contributed by atoms with Gasteiger partial charge in [-0.15, -0.1) is 0 Å². The average Bonchev–Trinajstić information content (AvgIpc) is 2.39. The van der Waals surface area contributed by atoms with Gasteiger partial charge in [-0.2, -0.15) is 0 Å². The molecule has 0 spiro atoms. The number of nitrogens with one attached hydrogen (secondary N) is 1. The Morgan fingerprint density at radius 2 is 1.94 bits per heavy atom. The van der Waals surface area contributed by atoms with Crippen LogP contribution in [0, 0.1) is 11.3 Å². The summed E-state index contributed by atoms with van der Waals surface area (Å²) in [5, 5.41) is 3.15. The largest absolute Gasteiger partial charge is 0.368 e. The molecule has 0 aromatic carbocycles. The first-order valence-corrected chi connectivity index (χ1v) is 6.31. The molecule has 1 rings (SSSR count). The highest BCUT2D eigenvalue weighted by atomic mass is 16.1. The Kier molecular flexibility index (Phi) is 4.00. The second kappa shape index (κ2) is 4.74. The number of hydrogen-bond donors (Lipinski definition) is 2. The van der Waals surface area contributed by atoms with Crippen molar-refractivity contribution in [2.75, 3.05) is 7.05 Å². The predicted molar refractivity (Wildman–Crippen MR) is 67.0 cm³/mol. The molecule has 3 N–H and O–H groups in total. The lowest BCUT2D eigenvalue weighted by Crippen LogP contribution is -2.53. The quantitative estimate of drug-likeness (QED) is 0.708. The van der Waals surface area contributed by atoms with E-state index in [4.69, 9.17) is 5.73 Å². The first-order chi connectivity index (χ1) is 7.32. The summed E-state index contributed by atoms with van der Waals surface area (Å²) in [6.07, 6.45) is 5.14. The lowest BCUT2D eigenvalue weighted by atomic mass is 9.76. The van der Waals surface area contributed by atoms with Crippen LogP contribution in [0.4, 0.5) is 0 Å². The van der Waals surface area contributed by atoms with E-state index in [1.54, 1.807) is 0 Å². The molecule has 0 bridgehead atoms. The van der Waals surface area contributed by atoms with Gasteiger partial charge in [-0.1, -0.05) is 27.2 Å². The van der Waals surface area contributed by atoms with Crippen molar-refractivity contribution in [2.45, 2.75) is 58.4 Å². The van der Waals surface area contributed by atoms with Crippen LogP contribution in [0.5, 0.6) is 0 Å². The lowest BCUT2D eigenvalue weighted by Gasteiger charge is -2.31. The number of primary amides is 1. The van der Waals surface area contributed by atoms with Crippen LogP contribution in [-0.2, 0) is 4.79 Å². The van der Waals surface area contributed by atoms with Crippen LogP contribution < -0.4 is 11.1 Å². The Morgan fingerprint density at radius 1 is 1.31 bits per heavy atom. The molecule has 0 radical (unpaired) electrons. The topological polar surface area (TPSA) is 55.1 Å². The van der Waals surface area contributed by atoms with E-state index in [-0.39, 0.29) is 5.91 Å². The van der Waals surface area contributed by atoms with Crippen LogP contribution in [0.25, 0.3) is 0 Å². The van der Waals surface area contributed by atoms with Gasteiger partial charge in [0.2, 0.25) is 5.91 Å². The molecule has 0 heterocycles. The molecule has 94 valence electrons. The molecule has 1 aliphatic carbocycles. The van der Waals surface area contributed by atoms with Gasteiger partial charge < -0.3 is 11.1 Å². The summed E-state index contributed by atoms with van der Waals surface area (Å²) in [4.78, 5) is 11.6. The SMILES string of the molecule is CNC1(C(N)=O)CCCC(C(C)(C)C)CC1. The van der Waals surface area contributed by atoms with Crippen molar-refractivity contribution in [1.82, 2.24) is 5.32 Å². The molecular formula is C13H26N2O. The maximum Gasteiger partial charge on any atom is 0.237 e. The van der Waals surface area contributed by atoms with Gasteiger partial charge in [-0.3, -0.25) is 4.79 Å². The smallest absolute Gasteiger partial charge is 0.237 e. The van der Waals surface area contributed by atoms with Crippen LogP contribution >= 0.6 is 0 Å². The number of amides is 1. The van der Waals surface area contributed by atoms with Crippen LogP contribution in [0.1, 0.15) is 52.9 Å². The van der Waals surface area contributed by atoms with Gasteiger partial charge in [0, 0.05) is 0 Å². The second-order valence-electron chi connectivity index (χ2n) is 6.19. The molecule has 0 aromatic heterocycles. The van der Waals surface area contributed by atoms with Gasteiger partial charge in [0.05, 0.1) is 5.54 Å². The Bertz CT molecular complexity index is 257. The maximum absolute atomic E-state index is 11.6. The summed E-state index contributed by atoms with van der Waals surface area (Å²) in [5.74, 6) is 0.506. The third kappa shape index (κ3) is 2.76. The zero-order valence-corrected chi connectivity index (χ0v) is 11.1. The highest BCUT2D eigenvalue weighted by Crippen LogP contribution is 2.39. The molecule has 0 aliphatic heterocycles. The third-order valence-electron chi connectivity index (χ3n) is 4.25. The van der Waals surface area contributed by atoms with Gasteiger partial charge in [0.25, 0.3) is 0 Å². The van der Waals surface area contributed by atoms with Crippen molar-refractivity contribution in [1.29, 1.82) is 0 Å². The molecule has 2 unspecified atom stereocenters. The Balaban J connectivity index is 2.75. The van der Waals surface area contributed by atoms with Crippen LogP contribution in [-0.4, -0.2) is 18.5 Å². The van der Waals surface area contributed by atoms with Crippen molar-refractivity contribution >= 4 is 5.91 Å². The Morgan fingerprint density at radius 3 is 2.38 bits per heavy atom. The summed E-state index contributed by atoms with van der Waals surface area (Å²) in [6.45, 7) is 6.86. The normalized spacial score (nSPS) is 32.1. The zero-order valence-electron chi connectivity index (χ0n) is 11.1. The third-order valence-corrected chi connectivity index (χ3v) is 4.25.